The minimum absolute atomic E-state index is 0.0201. The van der Waals surface area contributed by atoms with E-state index in [0.29, 0.717) is 18.5 Å². The topological polar surface area (TPSA) is 353 Å². The number of aromatic nitrogens is 2. The van der Waals surface area contributed by atoms with Crippen LogP contribution < -0.4 is 49.1 Å². The number of aliphatic carboxylic acids is 1. The van der Waals surface area contributed by atoms with E-state index in [1.165, 1.54) is 18.2 Å². The molecule has 16 N–H and O–H groups in total. The highest BCUT2D eigenvalue weighted by Crippen LogP contribution is 2.20. The Hall–Kier alpha value is -5.47. The van der Waals surface area contributed by atoms with Gasteiger partial charge in [-0.3, -0.25) is 34.8 Å². The molecule has 5 amide bonds. The molecule has 0 unspecified atom stereocenters. The molecule has 0 radical (unpaired) electrons. The Balaban J connectivity index is 2.14. The lowest BCUT2D eigenvalue weighted by Gasteiger charge is -2.30. The molecular weight excluding hydrogens is 656 g/mol. The van der Waals surface area contributed by atoms with E-state index in [4.69, 9.17) is 28.0 Å². The van der Waals surface area contributed by atoms with Crippen molar-refractivity contribution in [2.24, 2.45) is 17.2 Å². The second-order valence-corrected chi connectivity index (χ2v) is 11.8. The molecule has 0 saturated carbocycles. The lowest BCUT2D eigenvalue weighted by molar-refractivity contribution is -0.145. The number of nitrogens with zero attached hydrogens (tertiary/aromatic N) is 2. The van der Waals surface area contributed by atoms with Crippen LogP contribution in [0.1, 0.15) is 57.6 Å². The zero-order valence-electron chi connectivity index (χ0n) is 28.0. The van der Waals surface area contributed by atoms with E-state index in [9.17, 15) is 33.9 Å². The van der Waals surface area contributed by atoms with Crippen molar-refractivity contribution in [3.8, 4) is 0 Å². The van der Waals surface area contributed by atoms with Crippen LogP contribution in [0.3, 0.4) is 0 Å². The van der Waals surface area contributed by atoms with Crippen LogP contribution in [0, 0.1) is 10.8 Å². The van der Waals surface area contributed by atoms with Gasteiger partial charge < -0.3 is 64.1 Å². The zero-order chi connectivity index (χ0) is 37.2. The minimum atomic E-state index is -1.26. The number of carboxylic acid groups (broad SMARTS) is 1. The summed E-state index contributed by atoms with van der Waals surface area (Å²) in [6, 6.07) is -5.63. The van der Waals surface area contributed by atoms with Gasteiger partial charge in [0.15, 0.2) is 11.9 Å². The summed E-state index contributed by atoms with van der Waals surface area (Å²) in [7, 11) is 0. The molecule has 50 heavy (non-hydrogen) atoms. The van der Waals surface area contributed by atoms with Gasteiger partial charge in [-0.05, 0) is 45.4 Å². The van der Waals surface area contributed by atoms with Crippen LogP contribution >= 0.6 is 0 Å². The molecule has 0 bridgehead atoms. The number of hydrogen-bond acceptors (Lipinski definition) is 10. The Morgan fingerprint density at radius 2 is 1.60 bits per heavy atom. The maximum atomic E-state index is 13.9. The molecule has 0 aromatic carbocycles. The third kappa shape index (κ3) is 13.9. The first-order chi connectivity index (χ1) is 23.7. The molecular formula is C29H50N14O7. The fourth-order valence-corrected chi connectivity index (χ4v) is 5.24. The fourth-order valence-electron chi connectivity index (χ4n) is 5.24. The molecule has 5 atom stereocenters. The van der Waals surface area contributed by atoms with Gasteiger partial charge in [0.2, 0.25) is 29.5 Å². The number of guanidine groups is 2. The number of amides is 5. The van der Waals surface area contributed by atoms with Gasteiger partial charge in [0.25, 0.3) is 0 Å². The summed E-state index contributed by atoms with van der Waals surface area (Å²) < 4.78 is 0. The van der Waals surface area contributed by atoms with Gasteiger partial charge in [-0.2, -0.15) is 0 Å². The first-order valence-electron chi connectivity index (χ1n) is 16.3. The number of carbonyl (C=O) groups excluding carboxylic acids is 5. The Morgan fingerprint density at radius 1 is 0.960 bits per heavy atom. The summed E-state index contributed by atoms with van der Waals surface area (Å²) in [5.74, 6) is -4.90. The van der Waals surface area contributed by atoms with Gasteiger partial charge in [0.05, 0.1) is 12.0 Å². The molecule has 21 heteroatoms. The molecule has 1 saturated heterocycles. The van der Waals surface area contributed by atoms with E-state index >= 15 is 0 Å². The smallest absolute Gasteiger partial charge is 0.326 e. The number of carboxylic acids is 1. The third-order valence-corrected chi connectivity index (χ3v) is 7.78. The van der Waals surface area contributed by atoms with E-state index in [0.717, 1.165) is 0 Å². The molecule has 2 heterocycles. The summed E-state index contributed by atoms with van der Waals surface area (Å²) in [5.41, 5.74) is 16.6. The van der Waals surface area contributed by atoms with Gasteiger partial charge >= 0.3 is 5.97 Å². The number of imidazole rings is 1. The van der Waals surface area contributed by atoms with Crippen molar-refractivity contribution >= 4 is 47.4 Å². The molecule has 1 aliphatic rings. The average Bonchev–Trinajstić information content (AvgIpc) is 3.75. The summed E-state index contributed by atoms with van der Waals surface area (Å²) in [6.07, 6.45) is 4.42. The number of nitrogens with two attached hydrogens (primary N) is 3. The molecule has 278 valence electrons. The Kier molecular flexibility index (Phi) is 16.9. The van der Waals surface area contributed by atoms with Gasteiger partial charge in [-0.15, -0.1) is 0 Å². The lowest BCUT2D eigenvalue weighted by atomic mass is 10.1. The van der Waals surface area contributed by atoms with Crippen molar-refractivity contribution in [2.45, 2.75) is 88.5 Å². The SMILES string of the molecule is C[C@H](NC(=O)[C@H](Cc1c[nH]cn1)NC(=O)CCN)C(=O)N[C@@H](CCCNC(=N)N)C(=O)N1CCC[C@H]1C(=O)N[C@@H](CCCNC(=N)N)C(=O)O. The number of hydrogen-bond donors (Lipinski definition) is 13. The molecule has 1 aliphatic heterocycles. The van der Waals surface area contributed by atoms with Crippen LogP contribution in [0.4, 0.5) is 0 Å². The van der Waals surface area contributed by atoms with E-state index in [-0.39, 0.29) is 76.6 Å². The molecule has 2 rings (SSSR count). The minimum Gasteiger partial charge on any atom is -0.480 e. The van der Waals surface area contributed by atoms with E-state index in [1.54, 1.807) is 6.20 Å². The van der Waals surface area contributed by atoms with Crippen molar-refractivity contribution in [3.05, 3.63) is 18.2 Å². The molecule has 21 nitrogen and oxygen atoms in total. The van der Waals surface area contributed by atoms with Gasteiger partial charge in [-0.25, -0.2) is 9.78 Å². The fraction of sp³-hybridized carbons (Fsp3) is 0.621. The van der Waals surface area contributed by atoms with Crippen molar-refractivity contribution < 1.29 is 33.9 Å². The summed E-state index contributed by atoms with van der Waals surface area (Å²) in [4.78, 5) is 85.9. The summed E-state index contributed by atoms with van der Waals surface area (Å²) >= 11 is 0. The maximum absolute atomic E-state index is 13.9. The highest BCUT2D eigenvalue weighted by atomic mass is 16.4. The van der Waals surface area contributed by atoms with Gasteiger partial charge in [-0.1, -0.05) is 0 Å². The number of nitrogens with one attached hydrogen (secondary N) is 9. The molecule has 0 spiro atoms. The predicted molar refractivity (Wildman–Crippen MR) is 180 cm³/mol. The van der Waals surface area contributed by atoms with Gasteiger partial charge in [0, 0.05) is 45.2 Å². The normalized spacial score (nSPS) is 16.2. The van der Waals surface area contributed by atoms with Crippen LogP contribution in [0.15, 0.2) is 12.5 Å². The molecule has 1 aromatic heterocycles. The first kappa shape index (κ1) is 40.7. The Bertz CT molecular complexity index is 1340. The standard InChI is InChI=1S/C29H50N14O7/c1-16(39-24(46)20(40-22(44)8-9-30)13-17-14-35-15-38-17)23(45)41-18(5-2-10-36-28(31)32)26(48)43-12-4-7-21(43)25(47)42-19(27(49)50)6-3-11-37-29(33)34/h14-16,18-21H,2-13,30H2,1H3,(H,35,38)(H,39,46)(H,40,44)(H,41,45)(H,42,47)(H,49,50)(H4,31,32,36)(H4,33,34,37)/t16-,18-,19-,20-,21-/m0/s1. The second kappa shape index (κ2) is 20.8. The van der Waals surface area contributed by atoms with Crippen molar-refractivity contribution in [2.75, 3.05) is 26.2 Å². The second-order valence-electron chi connectivity index (χ2n) is 11.8. The number of rotatable bonds is 21. The largest absolute Gasteiger partial charge is 0.480 e. The van der Waals surface area contributed by atoms with Crippen LogP contribution in [-0.2, 0) is 35.2 Å². The predicted octanol–water partition coefficient (Wildman–Crippen LogP) is -4.14. The van der Waals surface area contributed by atoms with Crippen molar-refractivity contribution in [1.82, 2.24) is 46.8 Å². The lowest BCUT2D eigenvalue weighted by Crippen LogP contribution is -2.58. The average molecular weight is 707 g/mol. The molecule has 1 fully saturated rings. The summed E-state index contributed by atoms with van der Waals surface area (Å²) in [6.45, 7) is 2.09. The number of H-pyrrole nitrogens is 1. The molecule has 0 aliphatic carbocycles. The quantitative estimate of drug-likeness (QED) is 0.0328. The number of aromatic amines is 1. The van der Waals surface area contributed by atoms with E-state index in [2.05, 4.69) is 41.9 Å². The first-order valence-corrected chi connectivity index (χ1v) is 16.3. The van der Waals surface area contributed by atoms with Gasteiger partial charge in [0.1, 0.15) is 30.2 Å². The van der Waals surface area contributed by atoms with Crippen LogP contribution in [0.25, 0.3) is 0 Å². The number of likely N-dealkylation sites (tertiary alicyclic amines) is 1. The summed E-state index contributed by atoms with van der Waals surface area (Å²) in [5, 5.41) is 39.7. The third-order valence-electron chi connectivity index (χ3n) is 7.78. The Morgan fingerprint density at radius 3 is 2.16 bits per heavy atom. The maximum Gasteiger partial charge on any atom is 0.326 e. The highest BCUT2D eigenvalue weighted by Gasteiger charge is 2.39. The highest BCUT2D eigenvalue weighted by molar-refractivity contribution is 5.96. The van der Waals surface area contributed by atoms with Crippen molar-refractivity contribution in [3.63, 3.8) is 0 Å². The zero-order valence-corrected chi connectivity index (χ0v) is 28.0. The Labute approximate surface area is 289 Å². The van der Waals surface area contributed by atoms with E-state index in [1.807, 2.05) is 0 Å². The molecule has 1 aromatic rings. The van der Waals surface area contributed by atoms with E-state index < -0.39 is 65.7 Å². The van der Waals surface area contributed by atoms with Crippen molar-refractivity contribution in [1.29, 1.82) is 10.8 Å². The monoisotopic (exact) mass is 706 g/mol. The van der Waals surface area contributed by atoms with Crippen LogP contribution in [0.5, 0.6) is 0 Å². The van der Waals surface area contributed by atoms with Crippen LogP contribution in [0.2, 0.25) is 0 Å². The van der Waals surface area contributed by atoms with Crippen LogP contribution in [-0.4, -0.2) is 124 Å². The number of carbonyl (C=O) groups is 6.